The molecule has 0 radical (unpaired) electrons. The molecule has 0 spiro atoms. The first-order valence-corrected chi connectivity index (χ1v) is 8.55. The van der Waals surface area contributed by atoms with E-state index in [1.807, 2.05) is 6.08 Å². The third-order valence-corrected chi connectivity index (χ3v) is 5.07. The van der Waals surface area contributed by atoms with Crippen LogP contribution in [0, 0.1) is 0 Å². The molecule has 0 amide bonds. The second kappa shape index (κ2) is 6.24. The minimum Gasteiger partial charge on any atom is -0.501 e. The summed E-state index contributed by atoms with van der Waals surface area (Å²) in [6.45, 7) is 0. The first-order valence-electron chi connectivity index (χ1n) is 7.55. The Bertz CT molecular complexity index is 731. The molecule has 0 heterocycles. The predicted octanol–water partition coefficient (Wildman–Crippen LogP) is 2.20. The van der Waals surface area contributed by atoms with Crippen LogP contribution in [0.25, 0.3) is 11.1 Å². The molecule has 0 aliphatic heterocycles. The second-order valence-corrected chi connectivity index (χ2v) is 6.81. The molecular weight excluding hydrogens is 286 g/mol. The van der Waals surface area contributed by atoms with Gasteiger partial charge in [-0.2, -0.15) is 0 Å². The van der Waals surface area contributed by atoms with Gasteiger partial charge in [-0.1, -0.05) is 59.8 Å². The zero-order chi connectivity index (χ0) is 15.5. The van der Waals surface area contributed by atoms with E-state index in [1.54, 1.807) is 7.11 Å². The van der Waals surface area contributed by atoms with Crippen molar-refractivity contribution >= 4 is 15.4 Å². The molecule has 112 valence electrons. The molecule has 0 saturated carbocycles. The normalized spacial score (nSPS) is 17.8. The summed E-state index contributed by atoms with van der Waals surface area (Å²) in [5.74, 6) is 1.24. The molecule has 22 heavy (non-hydrogen) atoms. The monoisotopic (exact) mass is 307 g/mol. The molecule has 0 saturated heterocycles. The zero-order valence-corrected chi connectivity index (χ0v) is 15.0. The summed E-state index contributed by atoms with van der Waals surface area (Å²) >= 11 is 0. The van der Waals surface area contributed by atoms with Crippen molar-refractivity contribution in [2.24, 2.45) is 5.73 Å². The number of methoxy groups -OCH3 is 1. The van der Waals surface area contributed by atoms with E-state index in [0.717, 1.165) is 28.1 Å². The number of rotatable bonds is 3. The Hall–Kier alpha value is -2.26. The molecule has 0 aromatic heterocycles. The molecule has 0 bridgehead atoms. The fraction of sp³-hybridized carbons (Fsp3) is 0.158. The highest BCUT2D eigenvalue weighted by molar-refractivity contribution is 6.35. The Kier molecular flexibility index (Phi) is 4.16. The molecule has 2 N–H and O–H groups in total. The topological polar surface area (TPSA) is 35.2 Å². The highest BCUT2D eigenvalue weighted by Gasteiger charge is 2.16. The Balaban J connectivity index is 1.87. The van der Waals surface area contributed by atoms with Crippen LogP contribution in [0.4, 0.5) is 0 Å². The van der Waals surface area contributed by atoms with Crippen LogP contribution in [0.15, 0.2) is 72.1 Å². The van der Waals surface area contributed by atoms with Gasteiger partial charge >= 0.3 is 0 Å². The summed E-state index contributed by atoms with van der Waals surface area (Å²) in [6, 6.07) is 17.4. The highest BCUT2D eigenvalue weighted by atomic mass is 28.1. The summed E-state index contributed by atoms with van der Waals surface area (Å²) in [4.78, 5) is 0. The lowest BCUT2D eigenvalue weighted by molar-refractivity contribution is 0.271. The molecule has 3 heteroatoms. The second-order valence-electron chi connectivity index (χ2n) is 5.73. The van der Waals surface area contributed by atoms with Crippen LogP contribution < -0.4 is 10.9 Å². The maximum atomic E-state index is 5.98. The van der Waals surface area contributed by atoms with Crippen molar-refractivity contribution in [2.75, 3.05) is 7.11 Å². The van der Waals surface area contributed by atoms with E-state index >= 15 is 0 Å². The quantitative estimate of drug-likeness (QED) is 0.883. The fourth-order valence-electron chi connectivity index (χ4n) is 2.96. The van der Waals surface area contributed by atoms with Crippen molar-refractivity contribution in [3.05, 3.63) is 77.7 Å². The van der Waals surface area contributed by atoms with Crippen molar-refractivity contribution in [2.45, 2.75) is 12.3 Å². The Labute approximate surface area is 134 Å². The van der Waals surface area contributed by atoms with E-state index in [2.05, 4.69) is 54.6 Å². The standard InChI is InChI=1S/C19H21NOSi/c1-21-17-11-15(10-16(20)12-17)13-6-8-14(9-7-13)18-4-2-3-5-19(18)22/h2-10,12,15H,11,20H2,1,22H3. The minimum absolute atomic E-state index is 0.292. The van der Waals surface area contributed by atoms with Gasteiger partial charge in [-0.25, -0.2) is 0 Å². The van der Waals surface area contributed by atoms with Crippen LogP contribution in [-0.2, 0) is 4.74 Å². The first-order chi connectivity index (χ1) is 10.7. The van der Waals surface area contributed by atoms with E-state index < -0.39 is 0 Å². The molecule has 2 nitrogen and oxygen atoms in total. The summed E-state index contributed by atoms with van der Waals surface area (Å²) in [5.41, 5.74) is 10.7. The van der Waals surface area contributed by atoms with Gasteiger partial charge in [0.1, 0.15) is 0 Å². The lowest BCUT2D eigenvalue weighted by Crippen LogP contribution is -2.09. The summed E-state index contributed by atoms with van der Waals surface area (Å²) in [6.07, 6.45) is 4.88. The number of hydrogen-bond donors (Lipinski definition) is 1. The van der Waals surface area contributed by atoms with Crippen molar-refractivity contribution in [1.82, 2.24) is 0 Å². The third-order valence-electron chi connectivity index (χ3n) is 4.20. The van der Waals surface area contributed by atoms with Gasteiger partial charge in [0.25, 0.3) is 0 Å². The lowest BCUT2D eigenvalue weighted by Gasteiger charge is -2.20. The molecule has 2 aromatic rings. The average Bonchev–Trinajstić information content (AvgIpc) is 2.55. The molecule has 1 atom stereocenters. The van der Waals surface area contributed by atoms with Crippen LogP contribution in [0.5, 0.6) is 0 Å². The molecule has 1 aliphatic carbocycles. The van der Waals surface area contributed by atoms with Crippen LogP contribution in [0.3, 0.4) is 0 Å². The van der Waals surface area contributed by atoms with E-state index in [9.17, 15) is 0 Å². The van der Waals surface area contributed by atoms with Crippen LogP contribution in [0.1, 0.15) is 17.9 Å². The van der Waals surface area contributed by atoms with Gasteiger partial charge in [0, 0.05) is 28.3 Å². The van der Waals surface area contributed by atoms with Gasteiger partial charge in [-0.05, 0) is 22.8 Å². The van der Waals surface area contributed by atoms with Gasteiger partial charge in [-0.15, -0.1) is 0 Å². The van der Waals surface area contributed by atoms with Crippen LogP contribution in [-0.4, -0.2) is 17.4 Å². The van der Waals surface area contributed by atoms with Crippen LogP contribution in [0.2, 0.25) is 0 Å². The zero-order valence-electron chi connectivity index (χ0n) is 13.0. The smallest absolute Gasteiger partial charge is 0.0985 e. The summed E-state index contributed by atoms with van der Waals surface area (Å²) < 4.78 is 5.37. The molecule has 3 rings (SSSR count). The van der Waals surface area contributed by atoms with Crippen molar-refractivity contribution < 1.29 is 4.74 Å². The number of allylic oxidation sites excluding steroid dienone is 3. The van der Waals surface area contributed by atoms with Crippen LogP contribution >= 0.6 is 0 Å². The maximum Gasteiger partial charge on any atom is 0.0985 e. The number of nitrogens with two attached hydrogens (primary N) is 1. The Morgan fingerprint density at radius 2 is 1.82 bits per heavy atom. The molecule has 2 aromatic carbocycles. The summed E-state index contributed by atoms with van der Waals surface area (Å²) in [7, 11) is 2.76. The van der Waals surface area contributed by atoms with Crippen molar-refractivity contribution in [3.63, 3.8) is 0 Å². The Morgan fingerprint density at radius 1 is 1.09 bits per heavy atom. The third kappa shape index (κ3) is 2.99. The lowest BCUT2D eigenvalue weighted by atomic mass is 9.89. The van der Waals surface area contributed by atoms with Gasteiger partial charge in [-0.3, -0.25) is 0 Å². The van der Waals surface area contributed by atoms with Crippen molar-refractivity contribution in [1.29, 1.82) is 0 Å². The fourth-order valence-corrected chi connectivity index (χ4v) is 3.61. The number of benzene rings is 2. The molecule has 1 unspecified atom stereocenters. The van der Waals surface area contributed by atoms with Crippen molar-refractivity contribution in [3.8, 4) is 11.1 Å². The van der Waals surface area contributed by atoms with Gasteiger partial charge in [0.2, 0.25) is 0 Å². The van der Waals surface area contributed by atoms with Gasteiger partial charge < -0.3 is 10.5 Å². The number of hydrogen-bond acceptors (Lipinski definition) is 2. The predicted molar refractivity (Wildman–Crippen MR) is 96.2 cm³/mol. The Morgan fingerprint density at radius 3 is 2.50 bits per heavy atom. The molecule has 0 fully saturated rings. The summed E-state index contributed by atoms with van der Waals surface area (Å²) in [5, 5.41) is 1.43. The van der Waals surface area contributed by atoms with E-state index in [4.69, 9.17) is 10.5 Å². The average molecular weight is 307 g/mol. The highest BCUT2D eigenvalue weighted by Crippen LogP contribution is 2.31. The largest absolute Gasteiger partial charge is 0.501 e. The van der Waals surface area contributed by atoms with Gasteiger partial charge in [0.05, 0.1) is 12.9 Å². The number of ether oxygens (including phenoxy) is 1. The molecular formula is C19H21NOSi. The van der Waals surface area contributed by atoms with E-state index in [-0.39, 0.29) is 0 Å². The van der Waals surface area contributed by atoms with Gasteiger partial charge in [0.15, 0.2) is 0 Å². The molecule has 1 aliphatic rings. The van der Waals surface area contributed by atoms with E-state index in [0.29, 0.717) is 5.92 Å². The SMILES string of the molecule is COC1=CC(N)=CC(c2ccc(-c3ccccc3[SiH3])cc2)C1. The van der Waals surface area contributed by atoms with E-state index in [1.165, 1.54) is 21.9 Å². The maximum absolute atomic E-state index is 5.98. The minimum atomic E-state index is 0.292. The first kappa shape index (κ1) is 14.7.